The molecule has 0 radical (unpaired) electrons. The minimum atomic E-state index is -0.00199. The van der Waals surface area contributed by atoms with Crippen LogP contribution in [0.4, 0.5) is 0 Å². The van der Waals surface area contributed by atoms with Crippen LogP contribution in [0, 0.1) is 17.8 Å². The van der Waals surface area contributed by atoms with Crippen molar-refractivity contribution < 1.29 is 9.59 Å². The number of amides is 2. The Kier molecular flexibility index (Phi) is 3.14. The summed E-state index contributed by atoms with van der Waals surface area (Å²) in [5.74, 6) is 0.530. The molecule has 3 fully saturated rings. The summed E-state index contributed by atoms with van der Waals surface area (Å²) in [6.45, 7) is 0.594. The molecule has 1 heterocycles. The minimum Gasteiger partial charge on any atom is -0.330 e. The van der Waals surface area contributed by atoms with Crippen LogP contribution in [0.3, 0.4) is 0 Å². The predicted molar refractivity (Wildman–Crippen MR) is 67.5 cm³/mol. The van der Waals surface area contributed by atoms with E-state index in [-0.39, 0.29) is 29.7 Å². The Morgan fingerprint density at radius 1 is 0.944 bits per heavy atom. The van der Waals surface area contributed by atoms with E-state index in [0.717, 1.165) is 38.5 Å². The van der Waals surface area contributed by atoms with E-state index in [9.17, 15) is 9.59 Å². The molecule has 100 valence electrons. The van der Waals surface area contributed by atoms with Gasteiger partial charge in [0.15, 0.2) is 0 Å². The number of nitrogens with zero attached hydrogens (tertiary/aromatic N) is 1. The Hall–Kier alpha value is -0.900. The molecule has 0 aromatic heterocycles. The van der Waals surface area contributed by atoms with Crippen molar-refractivity contribution in [3.63, 3.8) is 0 Å². The number of carbonyl (C=O) groups excluding carboxylic acids is 2. The largest absolute Gasteiger partial charge is 0.330 e. The molecule has 1 aliphatic heterocycles. The van der Waals surface area contributed by atoms with E-state index >= 15 is 0 Å². The average molecular weight is 250 g/mol. The van der Waals surface area contributed by atoms with E-state index in [1.807, 2.05) is 0 Å². The molecule has 2 saturated carbocycles. The molecule has 1 saturated heterocycles. The number of rotatable bonds is 2. The lowest BCUT2D eigenvalue weighted by atomic mass is 9.83. The van der Waals surface area contributed by atoms with Crippen LogP contribution in [-0.4, -0.2) is 29.3 Å². The van der Waals surface area contributed by atoms with Gasteiger partial charge in [-0.1, -0.05) is 19.3 Å². The van der Waals surface area contributed by atoms with Crippen LogP contribution >= 0.6 is 0 Å². The first-order chi connectivity index (χ1) is 8.74. The molecule has 0 bridgehead atoms. The summed E-state index contributed by atoms with van der Waals surface area (Å²) in [6, 6.07) is 0.0920. The van der Waals surface area contributed by atoms with Gasteiger partial charge in [-0.25, -0.2) is 0 Å². The highest BCUT2D eigenvalue weighted by Gasteiger charge is 2.52. The van der Waals surface area contributed by atoms with E-state index in [2.05, 4.69) is 0 Å². The maximum atomic E-state index is 12.4. The second kappa shape index (κ2) is 4.65. The van der Waals surface area contributed by atoms with Crippen LogP contribution in [0.2, 0.25) is 0 Å². The van der Waals surface area contributed by atoms with Crippen molar-refractivity contribution in [2.45, 2.75) is 51.0 Å². The molecule has 2 aliphatic carbocycles. The molecule has 0 aromatic carbocycles. The Bertz CT molecular complexity index is 347. The maximum absolute atomic E-state index is 12.4. The summed E-state index contributed by atoms with van der Waals surface area (Å²) >= 11 is 0. The highest BCUT2D eigenvalue weighted by atomic mass is 16.2. The van der Waals surface area contributed by atoms with Crippen molar-refractivity contribution in [2.24, 2.45) is 23.5 Å². The average Bonchev–Trinajstić information content (AvgIpc) is 2.95. The van der Waals surface area contributed by atoms with Crippen molar-refractivity contribution >= 4 is 11.8 Å². The Morgan fingerprint density at radius 3 is 2.17 bits per heavy atom. The molecular formula is C14H22N2O2. The number of likely N-dealkylation sites (tertiary alicyclic amines) is 1. The number of hydrogen-bond acceptors (Lipinski definition) is 3. The van der Waals surface area contributed by atoms with Gasteiger partial charge in [0.1, 0.15) is 0 Å². The van der Waals surface area contributed by atoms with E-state index in [1.54, 1.807) is 4.90 Å². The third kappa shape index (κ3) is 1.69. The van der Waals surface area contributed by atoms with Crippen LogP contribution in [0.5, 0.6) is 0 Å². The second-order valence-corrected chi connectivity index (χ2v) is 6.04. The fourth-order valence-corrected chi connectivity index (χ4v) is 4.15. The first kappa shape index (κ1) is 12.2. The third-order valence-corrected chi connectivity index (χ3v) is 5.13. The summed E-state index contributed by atoms with van der Waals surface area (Å²) in [6.07, 6.45) is 7.17. The molecule has 2 amide bonds. The van der Waals surface area contributed by atoms with Crippen molar-refractivity contribution in [1.29, 1.82) is 0 Å². The fourth-order valence-electron chi connectivity index (χ4n) is 4.15. The second-order valence-electron chi connectivity index (χ2n) is 6.04. The molecule has 0 spiro atoms. The molecular weight excluding hydrogens is 228 g/mol. The quantitative estimate of drug-likeness (QED) is 0.751. The van der Waals surface area contributed by atoms with Gasteiger partial charge in [-0.15, -0.1) is 0 Å². The van der Waals surface area contributed by atoms with Crippen molar-refractivity contribution in [2.75, 3.05) is 6.54 Å². The van der Waals surface area contributed by atoms with Crippen LogP contribution in [-0.2, 0) is 9.59 Å². The highest BCUT2D eigenvalue weighted by Crippen LogP contribution is 2.43. The van der Waals surface area contributed by atoms with Gasteiger partial charge in [-0.05, 0) is 38.1 Å². The SMILES string of the molecule is NCC1CCCCC1N1C(=O)C2CCCC2C1=O. The number of imide groups is 1. The van der Waals surface area contributed by atoms with Gasteiger partial charge in [0.05, 0.1) is 11.8 Å². The van der Waals surface area contributed by atoms with Gasteiger partial charge < -0.3 is 5.73 Å². The number of fused-ring (bicyclic) bond motifs is 1. The number of nitrogens with two attached hydrogens (primary N) is 1. The number of carbonyl (C=O) groups is 2. The molecule has 3 rings (SSSR count). The third-order valence-electron chi connectivity index (χ3n) is 5.13. The van der Waals surface area contributed by atoms with Crippen LogP contribution < -0.4 is 5.73 Å². The zero-order valence-electron chi connectivity index (χ0n) is 10.8. The Labute approximate surface area is 108 Å². The van der Waals surface area contributed by atoms with Crippen LogP contribution in [0.25, 0.3) is 0 Å². The standard InChI is InChI=1S/C14H22N2O2/c15-8-9-4-1-2-7-12(9)16-13(17)10-5-3-6-11(10)14(16)18/h9-12H,1-8,15H2. The lowest BCUT2D eigenvalue weighted by molar-refractivity contribution is -0.145. The molecule has 3 aliphatic rings. The zero-order valence-corrected chi connectivity index (χ0v) is 10.8. The monoisotopic (exact) mass is 250 g/mol. The van der Waals surface area contributed by atoms with Crippen LogP contribution in [0.15, 0.2) is 0 Å². The summed E-state index contributed by atoms with van der Waals surface area (Å²) < 4.78 is 0. The van der Waals surface area contributed by atoms with Gasteiger partial charge in [-0.2, -0.15) is 0 Å². The molecule has 18 heavy (non-hydrogen) atoms. The van der Waals surface area contributed by atoms with Gasteiger partial charge in [0, 0.05) is 6.04 Å². The predicted octanol–water partition coefficient (Wildman–Crippen LogP) is 1.29. The summed E-state index contributed by atoms with van der Waals surface area (Å²) in [4.78, 5) is 26.5. The van der Waals surface area contributed by atoms with Crippen molar-refractivity contribution in [1.82, 2.24) is 4.90 Å². The highest BCUT2D eigenvalue weighted by molar-refractivity contribution is 6.05. The smallest absolute Gasteiger partial charge is 0.233 e. The Morgan fingerprint density at radius 2 is 1.56 bits per heavy atom. The molecule has 4 unspecified atom stereocenters. The van der Waals surface area contributed by atoms with E-state index in [4.69, 9.17) is 5.73 Å². The van der Waals surface area contributed by atoms with Gasteiger partial charge in [0.2, 0.25) is 11.8 Å². The summed E-state index contributed by atoms with van der Waals surface area (Å²) in [5.41, 5.74) is 5.82. The van der Waals surface area contributed by atoms with E-state index in [1.165, 1.54) is 6.42 Å². The van der Waals surface area contributed by atoms with Crippen molar-refractivity contribution in [3.05, 3.63) is 0 Å². The lowest BCUT2D eigenvalue weighted by Gasteiger charge is -2.36. The summed E-state index contributed by atoms with van der Waals surface area (Å²) in [5, 5.41) is 0. The van der Waals surface area contributed by atoms with Gasteiger partial charge in [-0.3, -0.25) is 14.5 Å². The molecule has 2 N–H and O–H groups in total. The normalized spacial score (nSPS) is 40.4. The molecule has 4 atom stereocenters. The maximum Gasteiger partial charge on any atom is 0.233 e. The lowest BCUT2D eigenvalue weighted by Crippen LogP contribution is -2.48. The number of hydrogen-bond donors (Lipinski definition) is 1. The van der Waals surface area contributed by atoms with Crippen LogP contribution in [0.1, 0.15) is 44.9 Å². The van der Waals surface area contributed by atoms with Gasteiger partial charge in [0.25, 0.3) is 0 Å². The minimum absolute atomic E-state index is 0.00199. The molecule has 4 heteroatoms. The van der Waals surface area contributed by atoms with Gasteiger partial charge >= 0.3 is 0 Å². The Balaban J connectivity index is 1.83. The zero-order chi connectivity index (χ0) is 12.7. The fraction of sp³-hybridized carbons (Fsp3) is 0.857. The van der Waals surface area contributed by atoms with E-state index in [0.29, 0.717) is 12.5 Å². The first-order valence-electron chi connectivity index (χ1n) is 7.31. The first-order valence-corrected chi connectivity index (χ1v) is 7.31. The molecule has 0 aromatic rings. The summed E-state index contributed by atoms with van der Waals surface area (Å²) in [7, 11) is 0. The van der Waals surface area contributed by atoms with Crippen molar-refractivity contribution in [3.8, 4) is 0 Å². The molecule has 4 nitrogen and oxygen atoms in total. The topological polar surface area (TPSA) is 63.4 Å². The van der Waals surface area contributed by atoms with E-state index < -0.39 is 0 Å².